The van der Waals surface area contributed by atoms with E-state index in [2.05, 4.69) is 16.8 Å². The molecule has 5 heteroatoms. The van der Waals surface area contributed by atoms with Crippen LogP contribution in [-0.2, 0) is 6.54 Å². The van der Waals surface area contributed by atoms with Crippen molar-refractivity contribution in [2.75, 3.05) is 13.7 Å². The molecule has 0 aromatic carbocycles. The topological polar surface area (TPSA) is 51.4 Å². The van der Waals surface area contributed by atoms with Crippen molar-refractivity contribution in [3.05, 3.63) is 23.0 Å². The molecule has 4 nitrogen and oxygen atoms in total. The Balaban J connectivity index is 2.21. The number of methoxy groups -OCH3 is 1. The van der Waals surface area contributed by atoms with Crippen LogP contribution >= 0.6 is 12.2 Å². The number of pyridine rings is 1. The molecule has 0 amide bonds. The van der Waals surface area contributed by atoms with E-state index in [1.54, 1.807) is 7.11 Å². The van der Waals surface area contributed by atoms with Crippen molar-refractivity contribution >= 4 is 17.2 Å². The first-order chi connectivity index (χ1) is 10.0. The smallest absolute Gasteiger partial charge is 0.128 e. The molecule has 116 valence electrons. The average Bonchev–Trinajstić information content (AvgIpc) is 2.95. The molecule has 0 atom stereocenters. The minimum absolute atomic E-state index is 0.554. The molecule has 0 saturated heterocycles. The van der Waals surface area contributed by atoms with Crippen LogP contribution in [0.3, 0.4) is 0 Å². The van der Waals surface area contributed by atoms with Crippen molar-refractivity contribution < 1.29 is 4.74 Å². The fraction of sp³-hybridized carbons (Fsp3) is 0.625. The lowest BCUT2D eigenvalue weighted by atomic mass is 10.1. The number of aromatic nitrogens is 1. The van der Waals surface area contributed by atoms with Crippen LogP contribution in [0.25, 0.3) is 0 Å². The van der Waals surface area contributed by atoms with Crippen molar-refractivity contribution in [3.8, 4) is 5.75 Å². The molecule has 1 aliphatic carbocycles. The number of hydrogen-bond donors (Lipinski definition) is 1. The zero-order chi connectivity index (χ0) is 15.4. The van der Waals surface area contributed by atoms with E-state index in [-0.39, 0.29) is 0 Å². The van der Waals surface area contributed by atoms with Gasteiger partial charge in [0.15, 0.2) is 0 Å². The maximum absolute atomic E-state index is 5.78. The maximum Gasteiger partial charge on any atom is 0.128 e. The zero-order valence-electron chi connectivity index (χ0n) is 13.2. The number of nitrogens with zero attached hydrogens (tertiary/aromatic N) is 2. The highest BCUT2D eigenvalue weighted by Crippen LogP contribution is 2.28. The molecule has 0 unspecified atom stereocenters. The lowest BCUT2D eigenvalue weighted by Crippen LogP contribution is -2.39. The number of ether oxygens (including phenoxy) is 1. The number of rotatable bonds is 6. The fourth-order valence-corrected chi connectivity index (χ4v) is 3.37. The zero-order valence-corrected chi connectivity index (χ0v) is 14.0. The molecule has 21 heavy (non-hydrogen) atoms. The van der Waals surface area contributed by atoms with E-state index in [4.69, 9.17) is 22.7 Å². The quantitative estimate of drug-likeness (QED) is 0.819. The van der Waals surface area contributed by atoms with Gasteiger partial charge in [0.05, 0.1) is 17.8 Å². The van der Waals surface area contributed by atoms with Crippen LogP contribution in [0.15, 0.2) is 6.20 Å². The van der Waals surface area contributed by atoms with E-state index < -0.39 is 0 Å². The molecule has 2 rings (SSSR count). The first-order valence-electron chi connectivity index (χ1n) is 7.54. The molecule has 1 heterocycles. The van der Waals surface area contributed by atoms with Crippen LogP contribution in [0.5, 0.6) is 5.75 Å². The van der Waals surface area contributed by atoms with Crippen molar-refractivity contribution in [1.82, 2.24) is 9.88 Å². The number of thiocarbonyl (C=S) groups is 1. The maximum atomic E-state index is 5.78. The Morgan fingerprint density at radius 3 is 2.67 bits per heavy atom. The molecule has 0 aliphatic heterocycles. The van der Waals surface area contributed by atoms with Gasteiger partial charge in [0.2, 0.25) is 0 Å². The third-order valence-electron chi connectivity index (χ3n) is 4.30. The van der Waals surface area contributed by atoms with E-state index in [9.17, 15) is 0 Å². The van der Waals surface area contributed by atoms with Crippen LogP contribution in [0, 0.1) is 13.8 Å². The number of nitrogens with two attached hydrogens (primary N) is 1. The van der Waals surface area contributed by atoms with Gasteiger partial charge in [0.25, 0.3) is 0 Å². The molecular formula is C16H25N3OS. The highest BCUT2D eigenvalue weighted by molar-refractivity contribution is 7.80. The molecule has 0 spiro atoms. The normalized spacial score (nSPS) is 15.6. The summed E-state index contributed by atoms with van der Waals surface area (Å²) in [5.74, 6) is 0.932. The largest absolute Gasteiger partial charge is 0.496 e. The Morgan fingerprint density at radius 1 is 1.43 bits per heavy atom. The summed E-state index contributed by atoms with van der Waals surface area (Å²) in [4.78, 5) is 7.53. The molecule has 1 aromatic heterocycles. The standard InChI is InChI=1S/C16H25N3OS/c1-11-8-18-14(12(2)16(11)20-3)9-19(10-15(17)21)13-6-4-5-7-13/h8,13H,4-7,9-10H2,1-3H3,(H2,17,21). The van der Waals surface area contributed by atoms with Gasteiger partial charge in [-0.15, -0.1) is 0 Å². The monoisotopic (exact) mass is 307 g/mol. The predicted molar refractivity (Wildman–Crippen MR) is 89.7 cm³/mol. The summed E-state index contributed by atoms with van der Waals surface area (Å²) in [5, 5.41) is 0. The first kappa shape index (κ1) is 16.2. The van der Waals surface area contributed by atoms with Gasteiger partial charge in [-0.1, -0.05) is 25.1 Å². The summed E-state index contributed by atoms with van der Waals surface area (Å²) < 4.78 is 5.50. The summed E-state index contributed by atoms with van der Waals surface area (Å²) in [6.45, 7) is 5.54. The Hall–Kier alpha value is -1.20. The van der Waals surface area contributed by atoms with Gasteiger partial charge in [-0.05, 0) is 26.7 Å². The summed E-state index contributed by atoms with van der Waals surface area (Å²) in [6.07, 6.45) is 6.92. The van der Waals surface area contributed by atoms with E-state index in [1.165, 1.54) is 25.7 Å². The lowest BCUT2D eigenvalue weighted by Gasteiger charge is -2.28. The third-order valence-corrected chi connectivity index (χ3v) is 4.43. The number of hydrogen-bond acceptors (Lipinski definition) is 4. The molecule has 2 N–H and O–H groups in total. The SMILES string of the molecule is COc1c(C)cnc(CN(CC(N)=S)C2CCCC2)c1C. The third kappa shape index (κ3) is 3.92. The van der Waals surface area contributed by atoms with Crippen LogP contribution in [0.2, 0.25) is 0 Å². The van der Waals surface area contributed by atoms with Gasteiger partial charge in [-0.2, -0.15) is 0 Å². The Morgan fingerprint density at radius 2 is 2.10 bits per heavy atom. The Bertz CT molecular complexity index is 512. The number of aryl methyl sites for hydroxylation is 1. The second kappa shape index (κ2) is 7.18. The van der Waals surface area contributed by atoms with Crippen LogP contribution < -0.4 is 10.5 Å². The van der Waals surface area contributed by atoms with Gasteiger partial charge < -0.3 is 10.5 Å². The van der Waals surface area contributed by atoms with Gasteiger partial charge in [0, 0.05) is 36.5 Å². The van der Waals surface area contributed by atoms with Crippen LogP contribution in [0.1, 0.15) is 42.5 Å². The summed E-state index contributed by atoms with van der Waals surface area (Å²) >= 11 is 5.12. The van der Waals surface area contributed by atoms with Crippen molar-refractivity contribution in [3.63, 3.8) is 0 Å². The summed E-state index contributed by atoms with van der Waals surface area (Å²) in [6, 6.07) is 0.569. The van der Waals surface area contributed by atoms with Crippen molar-refractivity contribution in [2.24, 2.45) is 5.73 Å². The van der Waals surface area contributed by atoms with Gasteiger partial charge >= 0.3 is 0 Å². The molecular weight excluding hydrogens is 282 g/mol. The van der Waals surface area contributed by atoms with Crippen LogP contribution in [0.4, 0.5) is 0 Å². The Kier molecular flexibility index (Phi) is 5.53. The molecule has 0 bridgehead atoms. The van der Waals surface area contributed by atoms with E-state index in [0.29, 0.717) is 17.6 Å². The first-order valence-corrected chi connectivity index (χ1v) is 7.95. The molecule has 1 aromatic rings. The molecule has 1 aliphatic rings. The molecule has 0 radical (unpaired) electrons. The van der Waals surface area contributed by atoms with Crippen LogP contribution in [-0.4, -0.2) is 34.6 Å². The average molecular weight is 307 g/mol. The van der Waals surface area contributed by atoms with Gasteiger partial charge in [-0.25, -0.2) is 0 Å². The minimum Gasteiger partial charge on any atom is -0.496 e. The lowest BCUT2D eigenvalue weighted by molar-refractivity contribution is 0.215. The fourth-order valence-electron chi connectivity index (χ4n) is 3.21. The van der Waals surface area contributed by atoms with E-state index in [0.717, 1.165) is 29.1 Å². The van der Waals surface area contributed by atoms with Crippen molar-refractivity contribution in [1.29, 1.82) is 0 Å². The second-order valence-electron chi connectivity index (χ2n) is 5.86. The van der Waals surface area contributed by atoms with E-state index >= 15 is 0 Å². The van der Waals surface area contributed by atoms with Gasteiger partial charge in [-0.3, -0.25) is 9.88 Å². The highest BCUT2D eigenvalue weighted by Gasteiger charge is 2.24. The predicted octanol–water partition coefficient (Wildman–Crippen LogP) is 2.74. The second-order valence-corrected chi connectivity index (χ2v) is 6.38. The Labute approximate surface area is 132 Å². The van der Waals surface area contributed by atoms with E-state index in [1.807, 2.05) is 13.1 Å². The summed E-state index contributed by atoms with van der Waals surface area (Å²) in [7, 11) is 1.71. The van der Waals surface area contributed by atoms with Crippen molar-refractivity contribution in [2.45, 2.75) is 52.1 Å². The molecule has 1 fully saturated rings. The highest BCUT2D eigenvalue weighted by atomic mass is 32.1. The summed E-state index contributed by atoms with van der Waals surface area (Å²) in [5.41, 5.74) is 9.02. The minimum atomic E-state index is 0.554. The molecule has 1 saturated carbocycles. The van der Waals surface area contributed by atoms with Gasteiger partial charge in [0.1, 0.15) is 5.75 Å².